The third-order valence-electron chi connectivity index (χ3n) is 2.89. The highest BCUT2D eigenvalue weighted by Crippen LogP contribution is 2.17. The SMILES string of the molecule is CC(CO)(CO)NCC1CC=CCC1. The molecule has 0 aromatic carbocycles. The highest BCUT2D eigenvalue weighted by atomic mass is 16.3. The topological polar surface area (TPSA) is 52.5 Å². The first kappa shape index (κ1) is 11.7. The molecular weight excluding hydrogens is 178 g/mol. The summed E-state index contributed by atoms with van der Waals surface area (Å²) in [5.41, 5.74) is -0.527. The normalized spacial score (nSPS) is 22.6. The molecule has 0 amide bonds. The van der Waals surface area contributed by atoms with Gasteiger partial charge in [0.05, 0.1) is 18.8 Å². The fraction of sp³-hybridized carbons (Fsp3) is 0.818. The van der Waals surface area contributed by atoms with Crippen LogP contribution in [0.25, 0.3) is 0 Å². The van der Waals surface area contributed by atoms with Gasteiger partial charge < -0.3 is 15.5 Å². The molecular formula is C11H21NO2. The van der Waals surface area contributed by atoms with Crippen LogP contribution in [0, 0.1) is 5.92 Å². The molecule has 1 unspecified atom stereocenters. The van der Waals surface area contributed by atoms with Crippen LogP contribution in [0.3, 0.4) is 0 Å². The van der Waals surface area contributed by atoms with Crippen LogP contribution in [0.1, 0.15) is 26.2 Å². The van der Waals surface area contributed by atoms with E-state index in [2.05, 4.69) is 17.5 Å². The van der Waals surface area contributed by atoms with E-state index in [1.165, 1.54) is 6.42 Å². The summed E-state index contributed by atoms with van der Waals surface area (Å²) in [6, 6.07) is 0. The number of hydrogen-bond acceptors (Lipinski definition) is 3. The molecule has 1 aliphatic rings. The molecule has 0 saturated heterocycles. The van der Waals surface area contributed by atoms with E-state index >= 15 is 0 Å². The van der Waals surface area contributed by atoms with Crippen LogP contribution in [0.5, 0.6) is 0 Å². The Kier molecular flexibility index (Phi) is 4.58. The summed E-state index contributed by atoms with van der Waals surface area (Å²) in [5.74, 6) is 0.650. The molecule has 3 heteroatoms. The van der Waals surface area contributed by atoms with E-state index in [0.717, 1.165) is 19.4 Å². The first-order valence-electron chi connectivity index (χ1n) is 5.32. The van der Waals surface area contributed by atoms with Crippen molar-refractivity contribution in [3.8, 4) is 0 Å². The maximum absolute atomic E-state index is 9.08. The van der Waals surface area contributed by atoms with Crippen molar-refractivity contribution in [3.63, 3.8) is 0 Å². The lowest BCUT2D eigenvalue weighted by molar-refractivity contribution is 0.0999. The van der Waals surface area contributed by atoms with Crippen LogP contribution in [0.4, 0.5) is 0 Å². The molecule has 0 aliphatic heterocycles. The lowest BCUT2D eigenvalue weighted by Gasteiger charge is -2.29. The van der Waals surface area contributed by atoms with Crippen LogP contribution in [-0.2, 0) is 0 Å². The molecule has 0 aromatic rings. The van der Waals surface area contributed by atoms with Crippen molar-refractivity contribution in [2.75, 3.05) is 19.8 Å². The molecule has 1 rings (SSSR count). The van der Waals surface area contributed by atoms with Gasteiger partial charge in [0.2, 0.25) is 0 Å². The number of aliphatic hydroxyl groups excluding tert-OH is 2. The summed E-state index contributed by atoms with van der Waals surface area (Å²) in [4.78, 5) is 0. The van der Waals surface area contributed by atoms with Gasteiger partial charge >= 0.3 is 0 Å². The largest absolute Gasteiger partial charge is 0.394 e. The van der Waals surface area contributed by atoms with Crippen molar-refractivity contribution in [3.05, 3.63) is 12.2 Å². The Bertz CT molecular complexity index is 188. The maximum atomic E-state index is 9.08. The molecule has 0 spiro atoms. The Morgan fingerprint density at radius 2 is 2.07 bits per heavy atom. The van der Waals surface area contributed by atoms with Gasteiger partial charge in [-0.1, -0.05) is 12.2 Å². The molecule has 1 aliphatic carbocycles. The fourth-order valence-electron chi connectivity index (χ4n) is 1.59. The standard InChI is InChI=1S/C11H21NO2/c1-11(8-13,9-14)12-7-10-5-3-2-4-6-10/h2-3,10,12-14H,4-9H2,1H3. The zero-order valence-corrected chi connectivity index (χ0v) is 8.87. The van der Waals surface area contributed by atoms with Crippen molar-refractivity contribution in [1.82, 2.24) is 5.32 Å². The summed E-state index contributed by atoms with van der Waals surface area (Å²) in [6.07, 6.45) is 7.90. The second-order valence-electron chi connectivity index (χ2n) is 4.41. The Hall–Kier alpha value is -0.380. The van der Waals surface area contributed by atoms with Gasteiger partial charge in [-0.3, -0.25) is 0 Å². The van der Waals surface area contributed by atoms with Crippen molar-refractivity contribution in [1.29, 1.82) is 0 Å². The van der Waals surface area contributed by atoms with Gasteiger partial charge in [-0.25, -0.2) is 0 Å². The fourth-order valence-corrected chi connectivity index (χ4v) is 1.59. The highest BCUT2D eigenvalue weighted by molar-refractivity contribution is 4.92. The molecule has 0 aromatic heterocycles. The summed E-state index contributed by atoms with van der Waals surface area (Å²) in [7, 11) is 0. The molecule has 3 N–H and O–H groups in total. The van der Waals surface area contributed by atoms with Crippen LogP contribution in [0.15, 0.2) is 12.2 Å². The van der Waals surface area contributed by atoms with Gasteiger partial charge in [-0.2, -0.15) is 0 Å². The minimum absolute atomic E-state index is 0.0218. The summed E-state index contributed by atoms with van der Waals surface area (Å²) in [5, 5.41) is 21.4. The maximum Gasteiger partial charge on any atom is 0.0633 e. The minimum Gasteiger partial charge on any atom is -0.394 e. The van der Waals surface area contributed by atoms with E-state index in [0.29, 0.717) is 5.92 Å². The molecule has 0 fully saturated rings. The van der Waals surface area contributed by atoms with Gasteiger partial charge in [0.25, 0.3) is 0 Å². The zero-order valence-electron chi connectivity index (χ0n) is 8.87. The van der Waals surface area contributed by atoms with E-state index in [1.807, 2.05) is 6.92 Å². The number of allylic oxidation sites excluding steroid dienone is 2. The lowest BCUT2D eigenvalue weighted by atomic mass is 9.93. The third kappa shape index (κ3) is 3.40. The zero-order chi connectivity index (χ0) is 10.4. The van der Waals surface area contributed by atoms with E-state index < -0.39 is 5.54 Å². The molecule has 1 atom stereocenters. The van der Waals surface area contributed by atoms with E-state index in [-0.39, 0.29) is 13.2 Å². The third-order valence-corrected chi connectivity index (χ3v) is 2.89. The van der Waals surface area contributed by atoms with Crippen LogP contribution < -0.4 is 5.32 Å². The number of rotatable bonds is 5. The highest BCUT2D eigenvalue weighted by Gasteiger charge is 2.22. The minimum atomic E-state index is -0.527. The van der Waals surface area contributed by atoms with Gasteiger partial charge in [-0.05, 0) is 38.6 Å². The molecule has 0 bridgehead atoms. The number of aliphatic hydroxyl groups is 2. The summed E-state index contributed by atoms with van der Waals surface area (Å²) in [6.45, 7) is 2.67. The van der Waals surface area contributed by atoms with Crippen molar-refractivity contribution >= 4 is 0 Å². The first-order chi connectivity index (χ1) is 6.70. The van der Waals surface area contributed by atoms with Crippen LogP contribution in [0.2, 0.25) is 0 Å². The Morgan fingerprint density at radius 3 is 2.57 bits per heavy atom. The predicted molar refractivity (Wildman–Crippen MR) is 57.1 cm³/mol. The second kappa shape index (κ2) is 5.49. The van der Waals surface area contributed by atoms with Crippen molar-refractivity contribution < 1.29 is 10.2 Å². The average Bonchev–Trinajstić information content (AvgIpc) is 2.27. The lowest BCUT2D eigenvalue weighted by Crippen LogP contribution is -2.50. The quantitative estimate of drug-likeness (QED) is 0.571. The number of hydrogen-bond donors (Lipinski definition) is 3. The van der Waals surface area contributed by atoms with Crippen molar-refractivity contribution in [2.45, 2.75) is 31.7 Å². The molecule has 3 nitrogen and oxygen atoms in total. The summed E-state index contributed by atoms with van der Waals surface area (Å²) >= 11 is 0. The Balaban J connectivity index is 2.27. The predicted octanol–water partition coefficient (Wildman–Crippen LogP) is 0.676. The summed E-state index contributed by atoms with van der Waals surface area (Å²) < 4.78 is 0. The van der Waals surface area contributed by atoms with Gasteiger partial charge in [0, 0.05) is 0 Å². The Morgan fingerprint density at radius 1 is 1.36 bits per heavy atom. The molecule has 0 radical (unpaired) electrons. The smallest absolute Gasteiger partial charge is 0.0633 e. The van der Waals surface area contributed by atoms with Gasteiger partial charge in [0.1, 0.15) is 0 Å². The molecule has 14 heavy (non-hydrogen) atoms. The van der Waals surface area contributed by atoms with Crippen LogP contribution >= 0.6 is 0 Å². The van der Waals surface area contributed by atoms with E-state index in [1.54, 1.807) is 0 Å². The van der Waals surface area contributed by atoms with E-state index in [4.69, 9.17) is 10.2 Å². The monoisotopic (exact) mass is 199 g/mol. The average molecular weight is 199 g/mol. The van der Waals surface area contributed by atoms with Crippen molar-refractivity contribution in [2.24, 2.45) is 5.92 Å². The van der Waals surface area contributed by atoms with E-state index in [9.17, 15) is 0 Å². The number of nitrogens with one attached hydrogen (secondary N) is 1. The molecule has 0 heterocycles. The first-order valence-corrected chi connectivity index (χ1v) is 5.32. The second-order valence-corrected chi connectivity index (χ2v) is 4.41. The van der Waals surface area contributed by atoms with Crippen LogP contribution in [-0.4, -0.2) is 35.5 Å². The Labute approximate surface area is 85.8 Å². The molecule has 82 valence electrons. The van der Waals surface area contributed by atoms with Gasteiger partial charge in [-0.15, -0.1) is 0 Å². The van der Waals surface area contributed by atoms with Gasteiger partial charge in [0.15, 0.2) is 0 Å². The molecule has 0 saturated carbocycles.